The van der Waals surface area contributed by atoms with E-state index in [-0.39, 0.29) is 9.70 Å². The number of hydrogen-bond donors (Lipinski definition) is 0. The summed E-state index contributed by atoms with van der Waals surface area (Å²) in [6, 6.07) is 7.65. The number of methoxy groups -OCH3 is 1. The predicted octanol–water partition coefficient (Wildman–Crippen LogP) is 2.77. The standard InChI is InChI=1S/C18H16F2N2O4S2/c1-26-9-8-22-14-7-6-11(28(2,24)25)10-15(14)27-18(22)21-17(23)16-12(19)4-3-5-13(16)20/h3-7,10H,8-9H2,1-2H3. The van der Waals surface area contributed by atoms with Gasteiger partial charge in [0.15, 0.2) is 14.6 Å². The maximum Gasteiger partial charge on any atom is 0.285 e. The lowest BCUT2D eigenvalue weighted by Gasteiger charge is -2.05. The van der Waals surface area contributed by atoms with Crippen LogP contribution < -0.4 is 4.80 Å². The van der Waals surface area contributed by atoms with Gasteiger partial charge in [-0.15, -0.1) is 0 Å². The Morgan fingerprint density at radius 3 is 2.50 bits per heavy atom. The molecule has 0 atom stereocenters. The summed E-state index contributed by atoms with van der Waals surface area (Å²) in [7, 11) is -1.91. The van der Waals surface area contributed by atoms with Gasteiger partial charge in [-0.05, 0) is 30.3 Å². The average molecular weight is 426 g/mol. The Balaban J connectivity index is 2.20. The van der Waals surface area contributed by atoms with Crippen molar-refractivity contribution < 1.29 is 26.7 Å². The minimum atomic E-state index is -3.42. The molecule has 0 bridgehead atoms. The SMILES string of the molecule is COCCn1c(=NC(=O)c2c(F)cccc2F)sc2cc(S(C)(=O)=O)ccc21. The normalized spacial score (nSPS) is 12.6. The molecule has 3 aromatic rings. The second-order valence-electron chi connectivity index (χ2n) is 5.94. The van der Waals surface area contributed by atoms with E-state index < -0.39 is 32.9 Å². The van der Waals surface area contributed by atoms with Crippen molar-refractivity contribution >= 4 is 37.3 Å². The zero-order valence-corrected chi connectivity index (χ0v) is 16.6. The van der Waals surface area contributed by atoms with E-state index in [1.54, 1.807) is 10.6 Å². The molecule has 0 spiro atoms. The molecule has 0 fully saturated rings. The summed E-state index contributed by atoms with van der Waals surface area (Å²) in [6.07, 6.45) is 1.09. The van der Waals surface area contributed by atoms with Crippen molar-refractivity contribution in [2.45, 2.75) is 11.4 Å². The highest BCUT2D eigenvalue weighted by Gasteiger charge is 2.18. The van der Waals surface area contributed by atoms with Crippen LogP contribution in [0.5, 0.6) is 0 Å². The molecule has 6 nitrogen and oxygen atoms in total. The zero-order chi connectivity index (χ0) is 20.5. The Morgan fingerprint density at radius 1 is 1.21 bits per heavy atom. The van der Waals surface area contributed by atoms with Crippen LogP contribution in [0.1, 0.15) is 10.4 Å². The highest BCUT2D eigenvalue weighted by atomic mass is 32.2. The first-order valence-corrected chi connectivity index (χ1v) is 10.8. The van der Waals surface area contributed by atoms with E-state index in [0.717, 1.165) is 35.8 Å². The molecule has 0 aliphatic rings. The van der Waals surface area contributed by atoms with Crippen LogP contribution in [0.15, 0.2) is 46.3 Å². The fourth-order valence-corrected chi connectivity index (χ4v) is 4.43. The van der Waals surface area contributed by atoms with Gasteiger partial charge in [0, 0.05) is 19.9 Å². The molecule has 0 aliphatic carbocycles. The number of benzene rings is 2. The van der Waals surface area contributed by atoms with Gasteiger partial charge in [0.05, 0.1) is 21.7 Å². The Labute approximate surface area is 163 Å². The van der Waals surface area contributed by atoms with Gasteiger partial charge < -0.3 is 9.30 Å². The second kappa shape index (κ2) is 7.90. The number of halogens is 2. The number of carbonyl (C=O) groups excluding carboxylic acids is 1. The number of carbonyl (C=O) groups is 1. The van der Waals surface area contributed by atoms with Gasteiger partial charge in [0.2, 0.25) is 0 Å². The number of sulfone groups is 1. The summed E-state index contributed by atoms with van der Waals surface area (Å²) in [4.78, 5) is 16.6. The van der Waals surface area contributed by atoms with E-state index in [1.807, 2.05) is 0 Å². The molecular formula is C18H16F2N2O4S2. The number of ether oxygens (including phenoxy) is 1. The van der Waals surface area contributed by atoms with Crippen molar-refractivity contribution in [3.63, 3.8) is 0 Å². The average Bonchev–Trinajstić information content (AvgIpc) is 2.95. The van der Waals surface area contributed by atoms with Gasteiger partial charge in [-0.2, -0.15) is 4.99 Å². The lowest BCUT2D eigenvalue weighted by molar-refractivity contribution is 0.0989. The minimum absolute atomic E-state index is 0.123. The predicted molar refractivity (Wildman–Crippen MR) is 101 cm³/mol. The lowest BCUT2D eigenvalue weighted by Crippen LogP contribution is -2.20. The molecule has 3 rings (SSSR count). The molecular weight excluding hydrogens is 410 g/mol. The Bertz CT molecular complexity index is 1210. The first-order valence-electron chi connectivity index (χ1n) is 8.08. The number of amides is 1. The molecule has 0 saturated carbocycles. The maximum atomic E-state index is 13.9. The molecule has 10 heteroatoms. The molecule has 2 aromatic carbocycles. The van der Waals surface area contributed by atoms with Crippen molar-refractivity contribution in [3.05, 3.63) is 58.4 Å². The van der Waals surface area contributed by atoms with Gasteiger partial charge >= 0.3 is 0 Å². The van der Waals surface area contributed by atoms with E-state index in [2.05, 4.69) is 4.99 Å². The number of hydrogen-bond acceptors (Lipinski definition) is 5. The van der Waals surface area contributed by atoms with Crippen LogP contribution >= 0.6 is 11.3 Å². The van der Waals surface area contributed by atoms with Gasteiger partial charge in [-0.3, -0.25) is 4.79 Å². The van der Waals surface area contributed by atoms with Crippen LogP contribution in [0.4, 0.5) is 8.78 Å². The zero-order valence-electron chi connectivity index (χ0n) is 15.0. The third kappa shape index (κ3) is 4.03. The molecule has 1 amide bonds. The molecule has 1 heterocycles. The van der Waals surface area contributed by atoms with Gasteiger partial charge in [-0.1, -0.05) is 17.4 Å². The van der Waals surface area contributed by atoms with Crippen LogP contribution in [0.25, 0.3) is 10.2 Å². The quantitative estimate of drug-likeness (QED) is 0.629. The topological polar surface area (TPSA) is 77.7 Å². The molecule has 28 heavy (non-hydrogen) atoms. The van der Waals surface area contributed by atoms with Crippen molar-refractivity contribution in [2.75, 3.05) is 20.0 Å². The maximum absolute atomic E-state index is 13.9. The number of rotatable bonds is 5. The van der Waals surface area contributed by atoms with Crippen molar-refractivity contribution in [1.29, 1.82) is 0 Å². The Morgan fingerprint density at radius 2 is 1.89 bits per heavy atom. The van der Waals surface area contributed by atoms with E-state index >= 15 is 0 Å². The molecule has 0 aliphatic heterocycles. The smallest absolute Gasteiger partial charge is 0.285 e. The largest absolute Gasteiger partial charge is 0.383 e. The van der Waals surface area contributed by atoms with Crippen LogP contribution in [0.3, 0.4) is 0 Å². The molecule has 0 radical (unpaired) electrons. The first kappa shape index (κ1) is 20.3. The van der Waals surface area contributed by atoms with Crippen molar-refractivity contribution in [2.24, 2.45) is 4.99 Å². The first-order chi connectivity index (χ1) is 13.2. The van der Waals surface area contributed by atoms with E-state index in [4.69, 9.17) is 4.74 Å². The van der Waals surface area contributed by atoms with Gasteiger partial charge in [-0.25, -0.2) is 17.2 Å². The number of nitrogens with zero attached hydrogens (tertiary/aromatic N) is 2. The summed E-state index contributed by atoms with van der Waals surface area (Å²) in [5.74, 6) is -3.06. The minimum Gasteiger partial charge on any atom is -0.383 e. The lowest BCUT2D eigenvalue weighted by atomic mass is 10.2. The summed E-state index contributed by atoms with van der Waals surface area (Å²) in [5.41, 5.74) is -0.106. The molecule has 0 unspecified atom stereocenters. The summed E-state index contributed by atoms with van der Waals surface area (Å²) < 4.78 is 58.6. The van der Waals surface area contributed by atoms with Crippen LogP contribution in [-0.2, 0) is 21.1 Å². The summed E-state index contributed by atoms with van der Waals surface area (Å²) >= 11 is 1.05. The van der Waals surface area contributed by atoms with Gasteiger partial charge in [0.1, 0.15) is 17.2 Å². The Kier molecular flexibility index (Phi) is 5.73. The Hall–Kier alpha value is -2.43. The third-order valence-electron chi connectivity index (χ3n) is 3.98. The fourth-order valence-electron chi connectivity index (χ4n) is 2.61. The summed E-state index contributed by atoms with van der Waals surface area (Å²) in [5, 5.41) is 0. The fraction of sp³-hybridized carbons (Fsp3) is 0.222. The van der Waals surface area contributed by atoms with E-state index in [1.165, 1.54) is 19.2 Å². The summed E-state index contributed by atoms with van der Waals surface area (Å²) in [6.45, 7) is 0.621. The van der Waals surface area contributed by atoms with Crippen LogP contribution in [0.2, 0.25) is 0 Å². The highest BCUT2D eigenvalue weighted by Crippen LogP contribution is 2.22. The van der Waals surface area contributed by atoms with Crippen LogP contribution in [0, 0.1) is 11.6 Å². The van der Waals surface area contributed by atoms with Gasteiger partial charge in [0.25, 0.3) is 5.91 Å². The molecule has 0 saturated heterocycles. The van der Waals surface area contributed by atoms with Crippen LogP contribution in [-0.4, -0.2) is 38.9 Å². The monoisotopic (exact) mass is 426 g/mol. The molecule has 1 aromatic heterocycles. The van der Waals surface area contributed by atoms with Crippen molar-refractivity contribution in [3.8, 4) is 0 Å². The van der Waals surface area contributed by atoms with E-state index in [9.17, 15) is 22.0 Å². The number of fused-ring (bicyclic) bond motifs is 1. The highest BCUT2D eigenvalue weighted by molar-refractivity contribution is 7.90. The molecule has 148 valence electrons. The van der Waals surface area contributed by atoms with E-state index in [0.29, 0.717) is 23.4 Å². The molecule has 0 N–H and O–H groups in total. The second-order valence-corrected chi connectivity index (χ2v) is 8.97. The third-order valence-corrected chi connectivity index (χ3v) is 6.13. The number of aromatic nitrogens is 1. The number of thiazole rings is 1. The van der Waals surface area contributed by atoms with Crippen molar-refractivity contribution in [1.82, 2.24) is 4.57 Å².